The first-order valence-corrected chi connectivity index (χ1v) is 15.1. The molecule has 2 aliphatic heterocycles. The molecule has 2 heterocycles. The van der Waals surface area contributed by atoms with E-state index in [4.69, 9.17) is 14.2 Å². The predicted octanol–water partition coefficient (Wildman–Crippen LogP) is 3.71. The SMILES string of the molecule is CC[C@H]1OC(=O)[C@H](C)C[C@H](C)[C@@H](O[C@@H]2O[C@H](C)C[C@H](N(C)C)[C@H]2O)C(CC=O)C[C@@H](C)C(=O)/C=C/C(C)=C/[C@@H]1CO. The van der Waals surface area contributed by atoms with E-state index < -0.39 is 36.4 Å². The van der Waals surface area contributed by atoms with Crippen molar-refractivity contribution in [2.24, 2.45) is 29.6 Å². The molecular weight excluding hydrogens is 526 g/mol. The lowest BCUT2D eigenvalue weighted by molar-refractivity contribution is -0.280. The fourth-order valence-electron chi connectivity index (χ4n) is 6.15. The van der Waals surface area contributed by atoms with Crippen molar-refractivity contribution in [1.29, 1.82) is 0 Å². The molecule has 1 saturated heterocycles. The standard InChI is InChI=1S/C32H53NO8/c1-9-28-25(18-35)14-19(2)10-11-27(36)20(3)16-24(12-13-34)30(21(4)15-22(5)31(38)40-28)41-32-29(37)26(33(7)8)17-23(6)39-32/h10-11,13-14,20-26,28-30,32,35,37H,9,12,15-18H2,1-8H3/b11-10+,19-14+/t20-,21+,22-,23-,24?,25-,26+,28-,29-,30-,32+/m1/s1. The summed E-state index contributed by atoms with van der Waals surface area (Å²) in [6.07, 6.45) is 5.00. The third kappa shape index (κ3) is 10.1. The van der Waals surface area contributed by atoms with Gasteiger partial charge in [-0.25, -0.2) is 0 Å². The third-order valence-corrected chi connectivity index (χ3v) is 8.61. The summed E-state index contributed by atoms with van der Waals surface area (Å²) in [6, 6.07) is -0.170. The van der Waals surface area contributed by atoms with E-state index in [9.17, 15) is 24.6 Å². The smallest absolute Gasteiger partial charge is 0.308 e. The van der Waals surface area contributed by atoms with Gasteiger partial charge in [0, 0.05) is 24.3 Å². The van der Waals surface area contributed by atoms with Gasteiger partial charge >= 0.3 is 5.97 Å². The highest BCUT2D eigenvalue weighted by Gasteiger charge is 2.42. The van der Waals surface area contributed by atoms with Gasteiger partial charge < -0.3 is 34.1 Å². The number of hydrogen-bond donors (Lipinski definition) is 2. The summed E-state index contributed by atoms with van der Waals surface area (Å²) in [5, 5.41) is 21.2. The van der Waals surface area contributed by atoms with Gasteiger partial charge in [0.15, 0.2) is 12.1 Å². The van der Waals surface area contributed by atoms with E-state index in [1.165, 1.54) is 6.08 Å². The van der Waals surface area contributed by atoms with Gasteiger partial charge in [0.1, 0.15) is 18.5 Å². The number of carbonyl (C=O) groups is 3. The van der Waals surface area contributed by atoms with E-state index in [0.29, 0.717) is 25.7 Å². The molecule has 234 valence electrons. The summed E-state index contributed by atoms with van der Waals surface area (Å²) < 4.78 is 18.5. The minimum atomic E-state index is -0.922. The lowest BCUT2D eigenvalue weighted by Crippen LogP contribution is -2.55. The number of esters is 1. The topological polar surface area (TPSA) is 123 Å². The van der Waals surface area contributed by atoms with E-state index in [2.05, 4.69) is 0 Å². The Morgan fingerprint density at radius 3 is 2.34 bits per heavy atom. The van der Waals surface area contributed by atoms with Crippen molar-refractivity contribution in [1.82, 2.24) is 4.90 Å². The van der Waals surface area contributed by atoms with Crippen LogP contribution in [0.5, 0.6) is 0 Å². The zero-order valence-corrected chi connectivity index (χ0v) is 26.2. The summed E-state index contributed by atoms with van der Waals surface area (Å²) >= 11 is 0. The third-order valence-electron chi connectivity index (χ3n) is 8.61. The first-order valence-electron chi connectivity index (χ1n) is 15.1. The van der Waals surface area contributed by atoms with Gasteiger partial charge in [0.25, 0.3) is 0 Å². The van der Waals surface area contributed by atoms with E-state index in [0.717, 1.165) is 11.9 Å². The van der Waals surface area contributed by atoms with Crippen LogP contribution in [-0.2, 0) is 28.6 Å². The summed E-state index contributed by atoms with van der Waals surface area (Å²) in [5.41, 5.74) is 0.784. The zero-order valence-electron chi connectivity index (χ0n) is 26.2. The molecule has 0 aromatic carbocycles. The highest BCUT2D eigenvalue weighted by Crippen LogP contribution is 2.34. The number of allylic oxidation sites excluding steroid dienone is 3. The molecule has 0 amide bonds. The van der Waals surface area contributed by atoms with Crippen LogP contribution in [0.2, 0.25) is 0 Å². The number of carbonyl (C=O) groups excluding carboxylic acids is 3. The molecule has 0 aromatic rings. The van der Waals surface area contributed by atoms with Crippen molar-refractivity contribution in [3.05, 3.63) is 23.8 Å². The molecule has 9 nitrogen and oxygen atoms in total. The number of likely N-dealkylation sites (N-methyl/N-ethyl adjacent to an activating group) is 1. The lowest BCUT2D eigenvalue weighted by atomic mass is 9.79. The Morgan fingerprint density at radius 1 is 1.07 bits per heavy atom. The second-order valence-electron chi connectivity index (χ2n) is 12.5. The number of ether oxygens (including phenoxy) is 3. The fraction of sp³-hybridized carbons (Fsp3) is 0.781. The average molecular weight is 580 g/mol. The Kier molecular flexibility index (Phi) is 14.3. The summed E-state index contributed by atoms with van der Waals surface area (Å²) in [6.45, 7) is 11.1. The molecule has 0 saturated carbocycles. The Balaban J connectivity index is 2.49. The van der Waals surface area contributed by atoms with Crippen molar-refractivity contribution in [2.75, 3.05) is 20.7 Å². The molecule has 1 unspecified atom stereocenters. The first kappa shape index (κ1) is 35.3. The minimum absolute atomic E-state index is 0.0743. The molecule has 1 fully saturated rings. The monoisotopic (exact) mass is 579 g/mol. The largest absolute Gasteiger partial charge is 0.461 e. The van der Waals surface area contributed by atoms with Gasteiger partial charge in [-0.05, 0) is 71.5 Å². The van der Waals surface area contributed by atoms with Crippen molar-refractivity contribution >= 4 is 18.0 Å². The molecule has 2 aliphatic rings. The number of cyclic esters (lactones) is 1. The Hall–Kier alpha value is -1.91. The van der Waals surface area contributed by atoms with Crippen LogP contribution in [-0.4, -0.2) is 90.6 Å². The second kappa shape index (κ2) is 16.7. The van der Waals surface area contributed by atoms with Crippen molar-refractivity contribution < 1.29 is 38.8 Å². The normalized spacial score (nSPS) is 40.5. The fourth-order valence-corrected chi connectivity index (χ4v) is 6.15. The molecule has 11 atom stereocenters. The maximum absolute atomic E-state index is 13.2. The predicted molar refractivity (Wildman–Crippen MR) is 157 cm³/mol. The second-order valence-corrected chi connectivity index (χ2v) is 12.5. The molecule has 2 N–H and O–H groups in total. The Bertz CT molecular complexity index is 917. The van der Waals surface area contributed by atoms with Crippen LogP contribution in [0.3, 0.4) is 0 Å². The number of aldehydes is 1. The molecule has 2 rings (SSSR count). The van der Waals surface area contributed by atoms with Crippen molar-refractivity contribution in [3.63, 3.8) is 0 Å². The van der Waals surface area contributed by atoms with E-state index in [1.54, 1.807) is 13.0 Å². The Morgan fingerprint density at radius 2 is 1.76 bits per heavy atom. The molecule has 0 radical (unpaired) electrons. The van der Waals surface area contributed by atoms with Gasteiger partial charge in [-0.15, -0.1) is 0 Å². The van der Waals surface area contributed by atoms with Gasteiger partial charge in [-0.1, -0.05) is 45.4 Å². The van der Waals surface area contributed by atoms with Crippen molar-refractivity contribution in [3.8, 4) is 0 Å². The van der Waals surface area contributed by atoms with E-state index in [1.807, 2.05) is 59.7 Å². The van der Waals surface area contributed by atoms with Crippen LogP contribution >= 0.6 is 0 Å². The molecular formula is C32H53NO8. The molecule has 0 spiro atoms. The highest BCUT2D eigenvalue weighted by atomic mass is 16.7. The van der Waals surface area contributed by atoms with E-state index >= 15 is 0 Å². The van der Waals surface area contributed by atoms with Gasteiger partial charge in [-0.2, -0.15) is 0 Å². The number of ketones is 1. The number of rotatable bonds is 7. The van der Waals surface area contributed by atoms with Crippen LogP contribution < -0.4 is 0 Å². The van der Waals surface area contributed by atoms with Gasteiger partial charge in [-0.3, -0.25) is 9.59 Å². The molecule has 9 heteroatoms. The average Bonchev–Trinajstić information content (AvgIpc) is 2.92. The number of aliphatic hydroxyl groups is 2. The zero-order chi connectivity index (χ0) is 30.9. The quantitative estimate of drug-likeness (QED) is 0.343. The van der Waals surface area contributed by atoms with Crippen LogP contribution in [0.25, 0.3) is 0 Å². The molecule has 0 aromatic heterocycles. The van der Waals surface area contributed by atoms with Gasteiger partial charge in [0.05, 0.1) is 24.7 Å². The van der Waals surface area contributed by atoms with Crippen LogP contribution in [0.15, 0.2) is 23.8 Å². The summed E-state index contributed by atoms with van der Waals surface area (Å²) in [5.74, 6) is -2.27. The minimum Gasteiger partial charge on any atom is -0.461 e. The maximum Gasteiger partial charge on any atom is 0.308 e. The Labute approximate surface area is 246 Å². The number of aliphatic hydroxyl groups excluding tert-OH is 2. The molecule has 0 bridgehead atoms. The molecule has 0 aliphatic carbocycles. The summed E-state index contributed by atoms with van der Waals surface area (Å²) in [7, 11) is 3.81. The first-order chi connectivity index (χ1) is 19.3. The number of hydrogen-bond acceptors (Lipinski definition) is 9. The van der Waals surface area contributed by atoms with Gasteiger partial charge in [0.2, 0.25) is 0 Å². The highest BCUT2D eigenvalue weighted by molar-refractivity contribution is 5.91. The maximum atomic E-state index is 13.2. The lowest BCUT2D eigenvalue weighted by Gasteiger charge is -2.44. The summed E-state index contributed by atoms with van der Waals surface area (Å²) in [4.78, 5) is 40.2. The van der Waals surface area contributed by atoms with Crippen LogP contribution in [0.4, 0.5) is 0 Å². The molecule has 41 heavy (non-hydrogen) atoms. The van der Waals surface area contributed by atoms with Crippen molar-refractivity contribution in [2.45, 2.75) is 110 Å². The van der Waals surface area contributed by atoms with Crippen LogP contribution in [0.1, 0.15) is 73.6 Å². The van der Waals surface area contributed by atoms with E-state index in [-0.39, 0.29) is 54.7 Å². The number of nitrogens with zero attached hydrogens (tertiary/aromatic N) is 1. The van der Waals surface area contributed by atoms with Crippen LogP contribution in [0, 0.1) is 29.6 Å².